The molecule has 0 amide bonds. The first-order chi connectivity index (χ1) is 9.52. The summed E-state index contributed by atoms with van der Waals surface area (Å²) in [6, 6.07) is 7.82. The molecule has 0 heterocycles. The predicted octanol–water partition coefficient (Wildman–Crippen LogP) is 5.25. The van der Waals surface area contributed by atoms with Gasteiger partial charge in [0.05, 0.1) is 17.6 Å². The van der Waals surface area contributed by atoms with Gasteiger partial charge >= 0.3 is 0 Å². The van der Waals surface area contributed by atoms with E-state index in [1.807, 2.05) is 12.1 Å². The molecule has 0 saturated heterocycles. The van der Waals surface area contributed by atoms with E-state index in [4.69, 9.17) is 11.6 Å². The smallest absolute Gasteiger partial charge is 0.0991 e. The molecule has 1 aliphatic carbocycles. The van der Waals surface area contributed by atoms with Crippen molar-refractivity contribution in [3.63, 3.8) is 0 Å². The molecule has 4 heteroatoms. The fraction of sp³-hybridized carbons (Fsp3) is 0.562. The second kappa shape index (κ2) is 6.47. The number of rotatable bonds is 3. The van der Waals surface area contributed by atoms with Crippen LogP contribution in [0.4, 0.5) is 0 Å². The summed E-state index contributed by atoms with van der Waals surface area (Å²) in [6.45, 7) is 2.15. The van der Waals surface area contributed by atoms with Crippen molar-refractivity contribution in [1.29, 1.82) is 5.26 Å². The van der Waals surface area contributed by atoms with Crippen molar-refractivity contribution in [3.8, 4) is 6.07 Å². The van der Waals surface area contributed by atoms with Crippen molar-refractivity contribution in [2.24, 2.45) is 11.3 Å². The number of aliphatic hydroxyl groups excluding tert-OH is 1. The van der Waals surface area contributed by atoms with Gasteiger partial charge in [0, 0.05) is 15.1 Å². The second-order valence-corrected chi connectivity index (χ2v) is 7.03. The van der Waals surface area contributed by atoms with Gasteiger partial charge in [-0.25, -0.2) is 0 Å². The van der Waals surface area contributed by atoms with Gasteiger partial charge in [0.1, 0.15) is 0 Å². The quantitative estimate of drug-likeness (QED) is 0.804. The average Bonchev–Trinajstić information content (AvgIpc) is 2.48. The largest absolute Gasteiger partial charge is 0.387 e. The van der Waals surface area contributed by atoms with Gasteiger partial charge in [-0.1, -0.05) is 53.7 Å². The minimum atomic E-state index is -0.827. The number of nitrogens with zero attached hydrogens (tertiary/aromatic N) is 1. The zero-order valence-electron chi connectivity index (χ0n) is 11.6. The first-order valence-electron chi connectivity index (χ1n) is 7.06. The van der Waals surface area contributed by atoms with Crippen LogP contribution < -0.4 is 0 Å². The Morgan fingerprint density at radius 1 is 1.60 bits per heavy atom. The molecule has 0 spiro atoms. The van der Waals surface area contributed by atoms with Crippen molar-refractivity contribution in [2.45, 2.75) is 45.1 Å². The van der Waals surface area contributed by atoms with Crippen molar-refractivity contribution >= 4 is 27.5 Å². The Morgan fingerprint density at radius 3 is 3.00 bits per heavy atom. The van der Waals surface area contributed by atoms with Crippen molar-refractivity contribution < 1.29 is 5.11 Å². The normalized spacial score (nSPS) is 27.9. The lowest BCUT2D eigenvalue weighted by atomic mass is 9.65. The van der Waals surface area contributed by atoms with Crippen molar-refractivity contribution in [3.05, 3.63) is 33.3 Å². The first kappa shape index (κ1) is 15.8. The Hall–Kier alpha value is -0.560. The van der Waals surface area contributed by atoms with Gasteiger partial charge in [-0.3, -0.25) is 0 Å². The molecule has 20 heavy (non-hydrogen) atoms. The van der Waals surface area contributed by atoms with Crippen LogP contribution >= 0.6 is 27.5 Å². The van der Waals surface area contributed by atoms with E-state index in [1.54, 1.807) is 6.07 Å². The van der Waals surface area contributed by atoms with Crippen LogP contribution in [-0.4, -0.2) is 5.11 Å². The molecular weight excluding hydrogens is 338 g/mol. The SMILES string of the molecule is CCC1CCCC(C#N)(C(O)c2cc(Br)ccc2Cl)C1. The third-order valence-electron chi connectivity index (χ3n) is 4.46. The highest BCUT2D eigenvalue weighted by atomic mass is 79.9. The molecule has 0 bridgehead atoms. The zero-order chi connectivity index (χ0) is 14.8. The highest BCUT2D eigenvalue weighted by molar-refractivity contribution is 9.10. The maximum absolute atomic E-state index is 10.8. The molecule has 0 aromatic heterocycles. The molecule has 1 aromatic carbocycles. The third-order valence-corrected chi connectivity index (χ3v) is 5.30. The second-order valence-electron chi connectivity index (χ2n) is 5.71. The summed E-state index contributed by atoms with van der Waals surface area (Å²) in [5, 5.41) is 21.0. The molecular formula is C16H19BrClNO. The highest BCUT2D eigenvalue weighted by Gasteiger charge is 2.43. The van der Waals surface area contributed by atoms with E-state index in [9.17, 15) is 10.4 Å². The Balaban J connectivity index is 2.36. The lowest BCUT2D eigenvalue weighted by Gasteiger charge is -2.39. The van der Waals surface area contributed by atoms with Crippen LogP contribution in [0.5, 0.6) is 0 Å². The molecule has 1 aliphatic rings. The molecule has 1 aromatic rings. The fourth-order valence-corrected chi connectivity index (χ4v) is 3.81. The van der Waals surface area contributed by atoms with Crippen molar-refractivity contribution in [2.75, 3.05) is 0 Å². The molecule has 2 nitrogen and oxygen atoms in total. The van der Waals surface area contributed by atoms with Gasteiger partial charge in [0.25, 0.3) is 0 Å². The van der Waals surface area contributed by atoms with E-state index in [2.05, 4.69) is 28.9 Å². The summed E-state index contributed by atoms with van der Waals surface area (Å²) in [7, 11) is 0. The summed E-state index contributed by atoms with van der Waals surface area (Å²) in [5.41, 5.74) is -0.0528. The minimum absolute atomic E-state index is 0.518. The van der Waals surface area contributed by atoms with E-state index in [0.29, 0.717) is 16.5 Å². The van der Waals surface area contributed by atoms with Gasteiger partial charge in [-0.15, -0.1) is 0 Å². The monoisotopic (exact) mass is 355 g/mol. The van der Waals surface area contributed by atoms with E-state index >= 15 is 0 Å². The number of hydrogen-bond acceptors (Lipinski definition) is 2. The van der Waals surface area contributed by atoms with Crippen LogP contribution in [0.25, 0.3) is 0 Å². The van der Waals surface area contributed by atoms with Crippen LogP contribution in [0.3, 0.4) is 0 Å². The standard InChI is InChI=1S/C16H19BrClNO/c1-2-11-4-3-7-16(9-11,10-19)15(20)13-8-12(17)5-6-14(13)18/h5-6,8,11,15,20H,2-4,7,9H2,1H3. The highest BCUT2D eigenvalue weighted by Crippen LogP contribution is 2.49. The van der Waals surface area contributed by atoms with E-state index in [1.165, 1.54) is 0 Å². The van der Waals surface area contributed by atoms with Crippen LogP contribution in [-0.2, 0) is 0 Å². The summed E-state index contributed by atoms with van der Waals surface area (Å²) >= 11 is 9.61. The summed E-state index contributed by atoms with van der Waals surface area (Å²) in [5.74, 6) is 0.518. The molecule has 3 atom stereocenters. The summed E-state index contributed by atoms with van der Waals surface area (Å²) in [4.78, 5) is 0. The van der Waals surface area contributed by atoms with Crippen molar-refractivity contribution in [1.82, 2.24) is 0 Å². The van der Waals surface area contributed by atoms with Crippen LogP contribution in [0.1, 0.15) is 50.7 Å². The molecule has 3 unspecified atom stereocenters. The lowest BCUT2D eigenvalue weighted by Crippen LogP contribution is -2.33. The van der Waals surface area contributed by atoms with Gasteiger partial charge in [-0.2, -0.15) is 5.26 Å². The lowest BCUT2D eigenvalue weighted by molar-refractivity contribution is 0.0185. The molecule has 2 rings (SSSR count). The fourth-order valence-electron chi connectivity index (χ4n) is 3.21. The van der Waals surface area contributed by atoms with Crippen LogP contribution in [0, 0.1) is 22.7 Å². The summed E-state index contributed by atoms with van der Waals surface area (Å²) < 4.78 is 0.867. The Kier molecular flexibility index (Phi) is 5.12. The van der Waals surface area contributed by atoms with Gasteiger partial charge in [0.2, 0.25) is 0 Å². The number of aliphatic hydroxyl groups is 1. The molecule has 108 valence electrons. The number of benzene rings is 1. The molecule has 1 saturated carbocycles. The van der Waals surface area contributed by atoms with E-state index in [0.717, 1.165) is 36.6 Å². The minimum Gasteiger partial charge on any atom is -0.387 e. The predicted molar refractivity (Wildman–Crippen MR) is 84.4 cm³/mol. The van der Waals surface area contributed by atoms with Crippen LogP contribution in [0.15, 0.2) is 22.7 Å². The van der Waals surface area contributed by atoms with E-state index < -0.39 is 11.5 Å². The number of hydrogen-bond donors (Lipinski definition) is 1. The van der Waals surface area contributed by atoms with Gasteiger partial charge < -0.3 is 5.11 Å². The molecule has 1 N–H and O–H groups in total. The van der Waals surface area contributed by atoms with E-state index in [-0.39, 0.29) is 0 Å². The molecule has 0 radical (unpaired) electrons. The maximum atomic E-state index is 10.8. The average molecular weight is 357 g/mol. The summed E-state index contributed by atoms with van der Waals surface area (Å²) in [6.07, 6.45) is 3.87. The zero-order valence-corrected chi connectivity index (χ0v) is 13.9. The Morgan fingerprint density at radius 2 is 2.35 bits per heavy atom. The van der Waals surface area contributed by atoms with Crippen LogP contribution in [0.2, 0.25) is 5.02 Å². The first-order valence-corrected chi connectivity index (χ1v) is 8.24. The third kappa shape index (κ3) is 3.03. The topological polar surface area (TPSA) is 44.0 Å². The Bertz CT molecular complexity index is 528. The maximum Gasteiger partial charge on any atom is 0.0991 e. The van der Waals surface area contributed by atoms with Gasteiger partial charge in [0.15, 0.2) is 0 Å². The Labute approximate surface area is 133 Å². The molecule has 1 fully saturated rings. The van der Waals surface area contributed by atoms with Gasteiger partial charge in [-0.05, 0) is 37.0 Å². The number of nitriles is 1. The molecule has 0 aliphatic heterocycles. The number of halogens is 2.